The summed E-state index contributed by atoms with van der Waals surface area (Å²) in [5.74, 6) is -1.17. The van der Waals surface area contributed by atoms with Crippen LogP contribution in [0.1, 0.15) is 0 Å². The fourth-order valence-electron chi connectivity index (χ4n) is 0.243. The number of hydrogen-bond donors (Lipinski definition) is 1. The Morgan fingerprint density at radius 1 is 1.80 bits per heavy atom. The first-order valence-corrected chi connectivity index (χ1v) is 3.09. The van der Waals surface area contributed by atoms with Crippen molar-refractivity contribution in [2.24, 2.45) is 0 Å². The van der Waals surface area contributed by atoms with E-state index in [9.17, 15) is 13.6 Å². The topological polar surface area (TPSA) is 80.7 Å². The summed E-state index contributed by atoms with van der Waals surface area (Å²) >= 11 is -2.43. The van der Waals surface area contributed by atoms with Gasteiger partial charge in [0.1, 0.15) is 6.54 Å². The second-order valence-corrected chi connectivity index (χ2v) is 2.45. The number of carbonyl (C=O) groups is 1. The van der Waals surface area contributed by atoms with Gasteiger partial charge in [-0.1, -0.05) is 0 Å². The van der Waals surface area contributed by atoms with E-state index in [0.717, 1.165) is 0 Å². The van der Waals surface area contributed by atoms with Gasteiger partial charge in [0.2, 0.25) is 0 Å². The van der Waals surface area contributed by atoms with Crippen LogP contribution in [0.25, 0.3) is 0 Å². The maximum absolute atomic E-state index is 9.90. The molecule has 0 fully saturated rings. The minimum atomic E-state index is -2.43. The molecule has 7 heteroatoms. The summed E-state index contributed by atoms with van der Waals surface area (Å²) in [6.07, 6.45) is 0. The molecule has 0 aliphatic rings. The molecule has 0 bridgehead atoms. The van der Waals surface area contributed by atoms with Crippen LogP contribution in [0.2, 0.25) is 0 Å². The van der Waals surface area contributed by atoms with Crippen molar-refractivity contribution in [2.75, 3.05) is 13.6 Å². The average Bonchev–Trinajstić information content (AvgIpc) is 1.63. The molecule has 0 saturated carbocycles. The molecule has 10 heavy (non-hydrogen) atoms. The Morgan fingerprint density at radius 2 is 2.20 bits per heavy atom. The van der Waals surface area contributed by atoms with E-state index in [1.54, 1.807) is 0 Å². The van der Waals surface area contributed by atoms with Crippen LogP contribution in [0.5, 0.6) is 0 Å². The zero-order valence-electron chi connectivity index (χ0n) is 5.44. The van der Waals surface area contributed by atoms with E-state index in [-0.39, 0.29) is 0 Å². The Balaban J connectivity index is 0. The van der Waals surface area contributed by atoms with E-state index in [1.807, 2.05) is 0 Å². The molecule has 0 heterocycles. The first-order valence-electron chi connectivity index (χ1n) is 2.06. The van der Waals surface area contributed by atoms with Crippen molar-refractivity contribution >= 4 is 17.2 Å². The van der Waals surface area contributed by atoms with Crippen molar-refractivity contribution in [2.45, 2.75) is 0 Å². The maximum atomic E-state index is 9.90. The molecule has 0 aliphatic carbocycles. The number of carboxylic acids is 1. The predicted molar refractivity (Wildman–Crippen MR) is 29.2 cm³/mol. The quantitative estimate of drug-likeness (QED) is 0.583. The van der Waals surface area contributed by atoms with Crippen LogP contribution in [0.4, 0.5) is 0 Å². The Hall–Kier alpha value is -1.46. The Bertz CT molecular complexity index is 140. The number of likely N-dealkylation sites (N-methyl/N-ethyl adjacent to an activating group) is 1. The van der Waals surface area contributed by atoms with Crippen LogP contribution in [0.3, 0.4) is 0 Å². The zero-order valence-corrected chi connectivity index (χ0v) is 12.7. The molecule has 1 unspecified atom stereocenters. The molecule has 0 aliphatic heterocycles. The van der Waals surface area contributed by atoms with Gasteiger partial charge in [0.25, 0.3) is 0 Å². The summed E-state index contributed by atoms with van der Waals surface area (Å²) in [5, 5.41) is 8.02. The largest absolute Gasteiger partial charge is 0.760 e. The van der Waals surface area contributed by atoms with Crippen LogP contribution >= 0.6 is 0 Å². The second-order valence-electron chi connectivity index (χ2n) is 1.40. The van der Waals surface area contributed by atoms with Gasteiger partial charge in [0, 0.05) is 11.3 Å². The van der Waals surface area contributed by atoms with Gasteiger partial charge in [-0.2, -0.15) is 0 Å². The van der Waals surface area contributed by atoms with Gasteiger partial charge in [0.15, 0.2) is 0 Å². The molecule has 5 nitrogen and oxygen atoms in total. The summed E-state index contributed by atoms with van der Waals surface area (Å²) < 4.78 is 20.5. The summed E-state index contributed by atoms with van der Waals surface area (Å²) in [4.78, 5) is 9.80. The van der Waals surface area contributed by atoms with Crippen LogP contribution in [-0.2, 0) is 16.1 Å². The standard InChI is InChI=1S/C3H7NO4S.Rf/c1-4(9(7)8)2-3(5)6;/h2H2,1H3,(H,5,6)(H,7,8);/p-1. The molecular weight excluding hydrogens is 413 g/mol. The minimum absolute atomic E-state index is 0. The van der Waals surface area contributed by atoms with Crippen LogP contribution in [0, 0.1) is 0 Å². The Labute approximate surface area is 54.7 Å². The third-order valence-electron chi connectivity index (χ3n) is 0.612. The summed E-state index contributed by atoms with van der Waals surface area (Å²) in [7, 11) is 1.18. The Morgan fingerprint density at radius 3 is 2.30 bits per heavy atom. The number of hydrogen-bond acceptors (Lipinski definition) is 3. The Kier molecular flexibility index (Phi) is 5.02. The van der Waals surface area contributed by atoms with Crippen molar-refractivity contribution in [3.8, 4) is 0 Å². The summed E-state index contributed by atoms with van der Waals surface area (Å²) in [6, 6.07) is 0. The van der Waals surface area contributed by atoms with Gasteiger partial charge >= 0.3 is 5.97 Å². The maximum Gasteiger partial charge on any atom is 0.318 e. The molecular formula is C3H6NO4RfS-. The van der Waals surface area contributed by atoms with Crippen LogP contribution in [-0.4, -0.2) is 37.7 Å². The van der Waals surface area contributed by atoms with Crippen molar-refractivity contribution in [3.63, 3.8) is 0 Å². The molecule has 0 radical (unpaired) electrons. The summed E-state index contributed by atoms with van der Waals surface area (Å²) in [5.41, 5.74) is 0. The van der Waals surface area contributed by atoms with E-state index in [2.05, 4.69) is 0 Å². The first kappa shape index (κ1) is 11.4. The fraction of sp³-hybridized carbons (Fsp3) is 0.667. The molecule has 0 aromatic heterocycles. The molecule has 0 saturated heterocycles. The van der Waals surface area contributed by atoms with E-state index in [4.69, 9.17) is 5.11 Å². The third-order valence-corrected chi connectivity index (χ3v) is 1.25. The SMILES string of the molecule is CN(CC(=O)O)S(=O)[O-].[Rf]. The summed E-state index contributed by atoms with van der Waals surface area (Å²) in [6.45, 7) is -0.490. The first-order chi connectivity index (χ1) is 4.04. The van der Waals surface area contributed by atoms with E-state index in [1.165, 1.54) is 7.05 Å². The zero-order chi connectivity index (χ0) is 7.44. The van der Waals surface area contributed by atoms with E-state index >= 15 is 0 Å². The molecule has 0 aromatic carbocycles. The van der Waals surface area contributed by atoms with Crippen LogP contribution < -0.4 is 0 Å². The van der Waals surface area contributed by atoms with Gasteiger partial charge in [0.05, 0.1) is 0 Å². The molecule has 1 N–H and O–H groups in total. The number of nitrogens with zero attached hydrogens (tertiary/aromatic N) is 1. The monoisotopic (exact) mass is 419 g/mol. The smallest absolute Gasteiger partial charge is 0.318 e. The number of rotatable bonds is 3. The number of carboxylic acid groups (broad SMARTS) is 1. The normalized spacial score (nSPS) is 12.3. The van der Waals surface area contributed by atoms with Crippen molar-refractivity contribution in [1.82, 2.24) is 4.31 Å². The molecule has 56 valence electrons. The molecule has 0 rings (SSSR count). The van der Waals surface area contributed by atoms with Gasteiger partial charge in [-0.15, -0.1) is 0 Å². The predicted octanol–water partition coefficient (Wildman–Crippen LogP) is -1.20. The molecule has 0 aromatic rings. The van der Waals surface area contributed by atoms with Gasteiger partial charge in [-0.25, -0.2) is 4.31 Å². The molecule has 0 spiro atoms. The van der Waals surface area contributed by atoms with Gasteiger partial charge in [-0.3, -0.25) is 9.00 Å². The third kappa shape index (κ3) is 4.69. The second kappa shape index (κ2) is 4.42. The van der Waals surface area contributed by atoms with E-state index < -0.39 is 23.8 Å². The fourth-order valence-corrected chi connectivity index (χ4v) is 0.459. The van der Waals surface area contributed by atoms with E-state index in [0.29, 0.717) is 4.31 Å². The minimum Gasteiger partial charge on any atom is -0.760 e. The van der Waals surface area contributed by atoms with Gasteiger partial charge < -0.3 is 9.66 Å². The number of aliphatic carboxylic acids is 1. The van der Waals surface area contributed by atoms with Crippen molar-refractivity contribution < 1.29 is 18.7 Å². The van der Waals surface area contributed by atoms with Crippen molar-refractivity contribution in [1.29, 1.82) is 0 Å². The van der Waals surface area contributed by atoms with Crippen molar-refractivity contribution in [3.05, 3.63) is 0 Å². The van der Waals surface area contributed by atoms with Crippen LogP contribution in [0.15, 0.2) is 0 Å². The average molecular weight is 419 g/mol. The molecule has 1 atom stereocenters. The molecule has 0 amide bonds. The van der Waals surface area contributed by atoms with Gasteiger partial charge in [-0.05, 0) is 7.05 Å².